The van der Waals surface area contributed by atoms with Crippen LogP contribution in [0.25, 0.3) is 11.1 Å². The highest BCUT2D eigenvalue weighted by Crippen LogP contribution is 2.28. The second kappa shape index (κ2) is 12.1. The largest absolute Gasteiger partial charge is 0.298 e. The second-order valence-corrected chi connectivity index (χ2v) is 11.4. The van der Waals surface area contributed by atoms with E-state index in [0.717, 1.165) is 22.3 Å². The number of nitrogens with zero attached hydrogens (tertiary/aromatic N) is 1. The standard InChI is InChI=1S/C29H31FN2O3S/c1-20(2)19-27(28(33)5-4-18-31)32-29(24-10-14-25(30)15-11-24)23-8-6-21(7-9-23)22-12-16-26(17-13-22)36(3,34)35/h6-17,20,27,29,32H,4-5,19H2,1-3H3/t27-,29-/m0/s1. The summed E-state index contributed by atoms with van der Waals surface area (Å²) in [5.74, 6) is -0.0890. The molecule has 0 aliphatic carbocycles. The van der Waals surface area contributed by atoms with Gasteiger partial charge in [0.25, 0.3) is 0 Å². The minimum absolute atomic E-state index is 0.0139. The van der Waals surface area contributed by atoms with Crippen molar-refractivity contribution in [1.82, 2.24) is 5.32 Å². The minimum atomic E-state index is -3.27. The molecule has 0 fully saturated rings. The van der Waals surface area contributed by atoms with Crippen molar-refractivity contribution in [2.45, 2.75) is 50.1 Å². The Bertz CT molecular complexity index is 1310. The fourth-order valence-electron chi connectivity index (χ4n) is 4.12. The van der Waals surface area contributed by atoms with Gasteiger partial charge in [0.05, 0.1) is 23.0 Å². The third-order valence-electron chi connectivity index (χ3n) is 6.01. The highest BCUT2D eigenvalue weighted by molar-refractivity contribution is 7.90. The van der Waals surface area contributed by atoms with E-state index in [-0.39, 0.29) is 41.3 Å². The van der Waals surface area contributed by atoms with Crippen molar-refractivity contribution in [2.24, 2.45) is 5.92 Å². The van der Waals surface area contributed by atoms with Crippen LogP contribution in [0.3, 0.4) is 0 Å². The number of Topliss-reactive ketones (excluding diaryl/α,β-unsaturated/α-hetero) is 1. The van der Waals surface area contributed by atoms with E-state index in [1.54, 1.807) is 36.4 Å². The van der Waals surface area contributed by atoms with Gasteiger partial charge >= 0.3 is 0 Å². The van der Waals surface area contributed by atoms with Crippen molar-refractivity contribution >= 4 is 15.6 Å². The summed E-state index contributed by atoms with van der Waals surface area (Å²) in [5, 5.41) is 12.4. The molecule has 0 radical (unpaired) electrons. The Morgan fingerprint density at radius 2 is 1.42 bits per heavy atom. The lowest BCUT2D eigenvalue weighted by Crippen LogP contribution is -2.40. The normalized spacial score (nSPS) is 13.2. The number of carbonyl (C=O) groups is 1. The van der Waals surface area contributed by atoms with Crippen molar-refractivity contribution in [1.29, 1.82) is 5.26 Å². The van der Waals surface area contributed by atoms with Crippen molar-refractivity contribution in [3.63, 3.8) is 0 Å². The predicted octanol–water partition coefficient (Wildman–Crippen LogP) is 5.86. The zero-order valence-electron chi connectivity index (χ0n) is 20.7. The van der Waals surface area contributed by atoms with Crippen molar-refractivity contribution in [3.8, 4) is 17.2 Å². The Morgan fingerprint density at radius 1 is 0.917 bits per heavy atom. The molecule has 1 N–H and O–H groups in total. The van der Waals surface area contributed by atoms with Gasteiger partial charge in [0, 0.05) is 19.1 Å². The number of nitrogens with one attached hydrogen (secondary N) is 1. The Balaban J connectivity index is 1.94. The third-order valence-corrected chi connectivity index (χ3v) is 7.14. The van der Waals surface area contributed by atoms with Crippen LogP contribution in [-0.2, 0) is 14.6 Å². The summed E-state index contributed by atoms with van der Waals surface area (Å²) in [7, 11) is -3.27. The number of hydrogen-bond acceptors (Lipinski definition) is 5. The van der Waals surface area contributed by atoms with Crippen molar-refractivity contribution in [3.05, 3.63) is 89.7 Å². The number of nitriles is 1. The fraction of sp³-hybridized carbons (Fsp3) is 0.310. The van der Waals surface area contributed by atoms with Gasteiger partial charge < -0.3 is 0 Å². The van der Waals surface area contributed by atoms with Crippen LogP contribution in [0.2, 0.25) is 0 Å². The molecule has 3 aromatic rings. The van der Waals surface area contributed by atoms with Crippen LogP contribution in [0.4, 0.5) is 4.39 Å². The first-order valence-corrected chi connectivity index (χ1v) is 13.8. The third kappa shape index (κ3) is 7.33. The number of rotatable bonds is 11. The molecule has 2 atom stereocenters. The van der Waals surface area contributed by atoms with E-state index in [1.807, 2.05) is 44.2 Å². The molecule has 0 aliphatic rings. The maximum Gasteiger partial charge on any atom is 0.175 e. The van der Waals surface area contributed by atoms with Crippen molar-refractivity contribution in [2.75, 3.05) is 6.26 Å². The van der Waals surface area contributed by atoms with Gasteiger partial charge in [0.1, 0.15) is 5.82 Å². The molecule has 36 heavy (non-hydrogen) atoms. The van der Waals surface area contributed by atoms with E-state index in [9.17, 15) is 17.6 Å². The average molecular weight is 507 g/mol. The maximum atomic E-state index is 13.7. The molecule has 0 saturated heterocycles. The second-order valence-electron chi connectivity index (χ2n) is 9.38. The molecule has 188 valence electrons. The molecule has 3 aromatic carbocycles. The topological polar surface area (TPSA) is 87.0 Å². The fourth-order valence-corrected chi connectivity index (χ4v) is 4.75. The molecule has 0 heterocycles. The molecule has 0 unspecified atom stereocenters. The molecule has 0 aliphatic heterocycles. The summed E-state index contributed by atoms with van der Waals surface area (Å²) >= 11 is 0. The molecular formula is C29H31FN2O3S. The number of hydrogen-bond donors (Lipinski definition) is 1. The monoisotopic (exact) mass is 506 g/mol. The molecule has 0 spiro atoms. The first-order valence-electron chi connectivity index (χ1n) is 11.9. The number of sulfone groups is 1. The van der Waals surface area contributed by atoms with Gasteiger partial charge in [-0.15, -0.1) is 0 Å². The Hall–Kier alpha value is -3.34. The molecule has 0 amide bonds. The highest BCUT2D eigenvalue weighted by atomic mass is 32.2. The average Bonchev–Trinajstić information content (AvgIpc) is 2.85. The summed E-state index contributed by atoms with van der Waals surface area (Å²) in [6.45, 7) is 4.09. The molecule has 0 bridgehead atoms. The van der Waals surface area contributed by atoms with Crippen LogP contribution in [0, 0.1) is 23.1 Å². The van der Waals surface area contributed by atoms with E-state index < -0.39 is 15.9 Å². The van der Waals surface area contributed by atoms with Crippen LogP contribution in [0.1, 0.15) is 50.3 Å². The molecule has 5 nitrogen and oxygen atoms in total. The van der Waals surface area contributed by atoms with Crippen LogP contribution in [0.15, 0.2) is 77.7 Å². The van der Waals surface area contributed by atoms with Gasteiger partial charge in [0.15, 0.2) is 15.6 Å². The molecular weight excluding hydrogens is 475 g/mol. The first-order chi connectivity index (χ1) is 17.1. The zero-order valence-corrected chi connectivity index (χ0v) is 21.6. The number of halogens is 1. The number of benzene rings is 3. The van der Waals surface area contributed by atoms with Gasteiger partial charge in [-0.1, -0.05) is 62.4 Å². The predicted molar refractivity (Wildman–Crippen MR) is 139 cm³/mol. The highest BCUT2D eigenvalue weighted by Gasteiger charge is 2.25. The lowest BCUT2D eigenvalue weighted by atomic mass is 9.92. The van der Waals surface area contributed by atoms with E-state index >= 15 is 0 Å². The summed E-state index contributed by atoms with van der Waals surface area (Å²) < 4.78 is 37.1. The van der Waals surface area contributed by atoms with Crippen LogP contribution < -0.4 is 5.32 Å². The van der Waals surface area contributed by atoms with Gasteiger partial charge in [-0.2, -0.15) is 5.26 Å². The minimum Gasteiger partial charge on any atom is -0.298 e. The summed E-state index contributed by atoms with van der Waals surface area (Å²) in [6.07, 6.45) is 2.15. The lowest BCUT2D eigenvalue weighted by Gasteiger charge is -2.27. The SMILES string of the molecule is CC(C)C[C@H](N[C@H](c1ccc(F)cc1)c1ccc(-c2ccc(S(C)(=O)=O)cc2)cc1)C(=O)CCC#N. The molecule has 3 rings (SSSR count). The van der Waals surface area contributed by atoms with Gasteiger partial charge in [-0.25, -0.2) is 12.8 Å². The van der Waals surface area contributed by atoms with Crippen molar-refractivity contribution < 1.29 is 17.6 Å². The Labute approximate surface area is 212 Å². The van der Waals surface area contributed by atoms with Gasteiger partial charge in [-0.3, -0.25) is 10.1 Å². The number of carbonyl (C=O) groups excluding carboxylic acids is 1. The Morgan fingerprint density at radius 3 is 1.89 bits per heavy atom. The van der Waals surface area contributed by atoms with E-state index in [1.165, 1.54) is 18.4 Å². The smallest absolute Gasteiger partial charge is 0.175 e. The summed E-state index contributed by atoms with van der Waals surface area (Å²) in [6, 6.07) is 21.9. The maximum absolute atomic E-state index is 13.7. The molecule has 0 saturated carbocycles. The van der Waals surface area contributed by atoms with Crippen LogP contribution >= 0.6 is 0 Å². The van der Waals surface area contributed by atoms with E-state index in [2.05, 4.69) is 5.32 Å². The van der Waals surface area contributed by atoms with Gasteiger partial charge in [0.2, 0.25) is 0 Å². The van der Waals surface area contributed by atoms with Gasteiger partial charge in [-0.05, 0) is 58.9 Å². The zero-order chi connectivity index (χ0) is 26.3. The van der Waals surface area contributed by atoms with E-state index in [0.29, 0.717) is 6.42 Å². The Kier molecular flexibility index (Phi) is 9.14. The summed E-state index contributed by atoms with van der Waals surface area (Å²) in [5.41, 5.74) is 3.52. The molecule has 0 aromatic heterocycles. The quantitative estimate of drug-likeness (QED) is 0.352. The summed E-state index contributed by atoms with van der Waals surface area (Å²) in [4.78, 5) is 13.2. The van der Waals surface area contributed by atoms with Crippen LogP contribution in [-0.4, -0.2) is 26.5 Å². The number of ketones is 1. The van der Waals surface area contributed by atoms with E-state index in [4.69, 9.17) is 5.26 Å². The lowest BCUT2D eigenvalue weighted by molar-refractivity contribution is -0.121. The molecule has 7 heteroatoms. The van der Waals surface area contributed by atoms with Crippen LogP contribution in [0.5, 0.6) is 0 Å². The first kappa shape index (κ1) is 27.3.